The summed E-state index contributed by atoms with van der Waals surface area (Å²) in [5.41, 5.74) is 0. The Hall–Kier alpha value is 0.0900. The van der Waals surface area contributed by atoms with E-state index < -0.39 is 0 Å². The van der Waals surface area contributed by atoms with Crippen molar-refractivity contribution in [2.45, 2.75) is 53.4 Å². The maximum atomic E-state index is 2.66. The minimum absolute atomic E-state index is 0. The molecule has 0 fully saturated rings. The standard InChI is InChI=1S/C14H34N3S.2FH/c1-7-11-16(12-8-2)18(15(5)6)17(13-9-3)14-10-4;;/h7-14H2,1-6H3;2*1H/q+1;;. The summed E-state index contributed by atoms with van der Waals surface area (Å²) in [7, 11) is 4.44. The van der Waals surface area contributed by atoms with Gasteiger partial charge in [-0.25, -0.2) is 0 Å². The highest BCUT2D eigenvalue weighted by Gasteiger charge is 2.38. The molecular weight excluding hydrogens is 280 g/mol. The van der Waals surface area contributed by atoms with Crippen LogP contribution in [-0.4, -0.2) is 53.2 Å². The van der Waals surface area contributed by atoms with E-state index in [0.29, 0.717) is 0 Å². The van der Waals surface area contributed by atoms with Crippen molar-refractivity contribution in [3.05, 3.63) is 0 Å². The van der Waals surface area contributed by atoms with E-state index in [9.17, 15) is 0 Å². The molecule has 0 heterocycles. The second-order valence-electron chi connectivity index (χ2n) is 4.92. The van der Waals surface area contributed by atoms with Crippen LogP contribution < -0.4 is 0 Å². The molecule has 0 amide bonds. The monoisotopic (exact) mass is 316 g/mol. The quantitative estimate of drug-likeness (QED) is 0.541. The van der Waals surface area contributed by atoms with Gasteiger partial charge in [-0.05, 0) is 25.7 Å². The summed E-state index contributed by atoms with van der Waals surface area (Å²) < 4.78 is 7.72. The highest BCUT2D eigenvalue weighted by Crippen LogP contribution is 2.17. The summed E-state index contributed by atoms with van der Waals surface area (Å²) in [6.07, 6.45) is 4.96. The number of hydrogen-bond acceptors (Lipinski definition) is 3. The molecule has 0 aromatic heterocycles. The van der Waals surface area contributed by atoms with Crippen molar-refractivity contribution >= 4 is 11.5 Å². The molecule has 0 rings (SSSR count). The molecule has 20 heavy (non-hydrogen) atoms. The molecule has 0 aliphatic carbocycles. The highest BCUT2D eigenvalue weighted by molar-refractivity contribution is 7.90. The normalized spacial score (nSPS) is 11.1. The Morgan fingerprint density at radius 1 is 0.600 bits per heavy atom. The fourth-order valence-electron chi connectivity index (χ4n) is 2.17. The van der Waals surface area contributed by atoms with Crippen LogP contribution in [0.1, 0.15) is 53.4 Å². The van der Waals surface area contributed by atoms with Crippen molar-refractivity contribution in [2.24, 2.45) is 0 Å². The topological polar surface area (TPSA) is 9.72 Å². The van der Waals surface area contributed by atoms with Gasteiger partial charge in [0.05, 0.1) is 0 Å². The lowest BCUT2D eigenvalue weighted by molar-refractivity contribution is 0.360. The molecule has 0 saturated heterocycles. The van der Waals surface area contributed by atoms with Gasteiger partial charge < -0.3 is 0 Å². The van der Waals surface area contributed by atoms with Crippen LogP contribution in [-0.2, 0) is 11.5 Å². The van der Waals surface area contributed by atoms with Gasteiger partial charge in [-0.3, -0.25) is 9.41 Å². The third kappa shape index (κ3) is 9.10. The van der Waals surface area contributed by atoms with Crippen LogP contribution in [0.15, 0.2) is 0 Å². The Balaban J connectivity index is -0.00000144. The van der Waals surface area contributed by atoms with E-state index >= 15 is 0 Å². The van der Waals surface area contributed by atoms with Gasteiger partial charge >= 0.3 is 0 Å². The summed E-state index contributed by atoms with van der Waals surface area (Å²) in [5.74, 6) is 0. The molecular formula is C14H36F2N3S+. The van der Waals surface area contributed by atoms with E-state index in [-0.39, 0.29) is 20.9 Å². The third-order valence-corrected chi connectivity index (χ3v) is 4.99. The van der Waals surface area contributed by atoms with Crippen LogP contribution in [0.25, 0.3) is 0 Å². The van der Waals surface area contributed by atoms with Gasteiger partial charge in [0.15, 0.2) is 0 Å². The Morgan fingerprint density at radius 2 is 0.850 bits per heavy atom. The predicted octanol–water partition coefficient (Wildman–Crippen LogP) is 3.46. The molecule has 0 spiro atoms. The van der Waals surface area contributed by atoms with Crippen LogP contribution in [0.2, 0.25) is 0 Å². The van der Waals surface area contributed by atoms with Crippen molar-refractivity contribution in [1.82, 2.24) is 12.9 Å². The first-order valence-electron chi connectivity index (χ1n) is 7.54. The number of rotatable bonds is 11. The van der Waals surface area contributed by atoms with E-state index in [1.165, 1.54) is 51.9 Å². The van der Waals surface area contributed by atoms with E-state index in [4.69, 9.17) is 0 Å². The fourth-order valence-corrected chi connectivity index (χ4v) is 4.81. The van der Waals surface area contributed by atoms with Crippen LogP contribution in [0.5, 0.6) is 0 Å². The molecule has 0 aliphatic rings. The molecule has 0 bridgehead atoms. The molecule has 0 N–H and O–H groups in total. The molecule has 0 aromatic carbocycles. The van der Waals surface area contributed by atoms with Crippen LogP contribution in [0.3, 0.4) is 0 Å². The predicted molar refractivity (Wildman–Crippen MR) is 90.4 cm³/mol. The largest absolute Gasteiger partial charge is 0.269 e. The third-order valence-electron chi connectivity index (χ3n) is 2.68. The van der Waals surface area contributed by atoms with Crippen molar-refractivity contribution in [2.75, 3.05) is 40.3 Å². The summed E-state index contributed by atoms with van der Waals surface area (Å²) >= 11 is 0.149. The number of hydrogen-bond donors (Lipinski definition) is 0. The number of nitrogens with zero attached hydrogens (tertiary/aromatic N) is 3. The lowest BCUT2D eigenvalue weighted by Gasteiger charge is -2.30. The first-order chi connectivity index (χ1) is 8.62. The molecule has 0 radical (unpaired) electrons. The fraction of sp³-hybridized carbons (Fsp3) is 1.00. The van der Waals surface area contributed by atoms with Gasteiger partial charge in [0, 0.05) is 40.3 Å². The molecule has 3 nitrogen and oxygen atoms in total. The summed E-state index contributed by atoms with van der Waals surface area (Å²) in [6, 6.07) is 0. The molecule has 6 heteroatoms. The van der Waals surface area contributed by atoms with Gasteiger partial charge in [-0.1, -0.05) is 40.6 Å². The maximum absolute atomic E-state index is 2.66. The average Bonchev–Trinajstić information content (AvgIpc) is 2.30. The Morgan fingerprint density at radius 3 is 1.00 bits per heavy atom. The van der Waals surface area contributed by atoms with Crippen molar-refractivity contribution < 1.29 is 9.41 Å². The van der Waals surface area contributed by atoms with Crippen molar-refractivity contribution in [3.8, 4) is 0 Å². The minimum atomic E-state index is 0. The zero-order chi connectivity index (χ0) is 14.0. The lowest BCUT2D eigenvalue weighted by atomic mass is 10.4. The first-order valence-corrected chi connectivity index (χ1v) is 8.63. The van der Waals surface area contributed by atoms with E-state index in [0.717, 1.165) is 0 Å². The zero-order valence-corrected chi connectivity index (χ0v) is 15.0. The second kappa shape index (κ2) is 15.5. The van der Waals surface area contributed by atoms with Crippen LogP contribution in [0, 0.1) is 0 Å². The Kier molecular flexibility index (Phi) is 19.4. The van der Waals surface area contributed by atoms with Crippen molar-refractivity contribution in [3.63, 3.8) is 0 Å². The van der Waals surface area contributed by atoms with Gasteiger partial charge in [-0.15, -0.1) is 0 Å². The van der Waals surface area contributed by atoms with E-state index in [1.54, 1.807) is 0 Å². The highest BCUT2D eigenvalue weighted by atomic mass is 32.2. The van der Waals surface area contributed by atoms with Crippen molar-refractivity contribution in [1.29, 1.82) is 0 Å². The Bertz CT molecular complexity index is 169. The van der Waals surface area contributed by atoms with Gasteiger partial charge in [0.25, 0.3) is 11.5 Å². The molecule has 0 atom stereocenters. The Labute approximate surface area is 128 Å². The zero-order valence-electron chi connectivity index (χ0n) is 14.2. The second-order valence-corrected chi connectivity index (χ2v) is 7.17. The van der Waals surface area contributed by atoms with Gasteiger partial charge in [0.2, 0.25) is 0 Å². The van der Waals surface area contributed by atoms with Gasteiger partial charge in [0.1, 0.15) is 0 Å². The summed E-state index contributed by atoms with van der Waals surface area (Å²) in [4.78, 5) is 0. The first kappa shape index (κ1) is 25.1. The summed E-state index contributed by atoms with van der Waals surface area (Å²) in [5, 5.41) is 0. The van der Waals surface area contributed by atoms with Crippen LogP contribution in [0.4, 0.5) is 9.41 Å². The SMILES string of the molecule is CCCN(CCC)[S+](N(C)C)N(CCC)CCC.F.F. The molecule has 0 saturated carbocycles. The lowest BCUT2D eigenvalue weighted by Crippen LogP contribution is -2.52. The van der Waals surface area contributed by atoms with E-state index in [2.05, 4.69) is 54.7 Å². The smallest absolute Gasteiger partial charge is 0.267 e. The average molecular weight is 317 g/mol. The number of halogens is 2. The minimum Gasteiger partial charge on any atom is -0.269 e. The van der Waals surface area contributed by atoms with E-state index in [1.807, 2.05) is 0 Å². The molecule has 0 aliphatic heterocycles. The molecule has 0 unspecified atom stereocenters. The maximum Gasteiger partial charge on any atom is 0.267 e. The van der Waals surface area contributed by atoms with Gasteiger partial charge in [-0.2, -0.15) is 0 Å². The van der Waals surface area contributed by atoms with Crippen LogP contribution >= 0.6 is 0 Å². The molecule has 126 valence electrons. The molecule has 0 aromatic rings. The summed E-state index contributed by atoms with van der Waals surface area (Å²) in [6.45, 7) is 14.0.